The van der Waals surface area contributed by atoms with Crippen LogP contribution in [-0.2, 0) is 6.18 Å². The van der Waals surface area contributed by atoms with Gasteiger partial charge in [-0.05, 0) is 23.8 Å². The summed E-state index contributed by atoms with van der Waals surface area (Å²) in [7, 11) is 3.99. The third-order valence-corrected chi connectivity index (χ3v) is 4.09. The van der Waals surface area contributed by atoms with E-state index in [1.54, 1.807) is 0 Å². The molecule has 0 saturated carbocycles. The molecule has 0 fully saturated rings. The van der Waals surface area contributed by atoms with Gasteiger partial charge >= 0.3 is 12.4 Å². The van der Waals surface area contributed by atoms with Gasteiger partial charge in [0.2, 0.25) is 0 Å². The molecule has 1 heterocycles. The molecule has 0 aliphatic heterocycles. The molecule has 0 saturated heterocycles. The fraction of sp³-hybridized carbons (Fsp3) is 0.278. The van der Waals surface area contributed by atoms with Crippen LogP contribution < -0.4 is 15.8 Å². The number of nitrogens with two attached hydrogens (primary N) is 1. The first kappa shape index (κ1) is 24.3. The van der Waals surface area contributed by atoms with Gasteiger partial charge in [0, 0.05) is 11.2 Å². The number of nitrogens with one attached hydrogen (secondary N) is 1. The normalized spacial score (nSPS) is 12.8. The van der Waals surface area contributed by atoms with Crippen LogP contribution in [0.15, 0.2) is 36.3 Å². The SMILES string of the molecule is COc1nccnc1NC(C(=C(N)C(F)(F)F)c1cc(Cl)cc(C(F)(F)F)c1)=[N+](C)C. The van der Waals surface area contributed by atoms with Gasteiger partial charge in [0.05, 0.1) is 38.5 Å². The first-order valence-electron chi connectivity index (χ1n) is 8.37. The highest BCUT2D eigenvalue weighted by Crippen LogP contribution is 2.36. The summed E-state index contributed by atoms with van der Waals surface area (Å²) in [5, 5.41) is 2.19. The van der Waals surface area contributed by atoms with Crippen molar-refractivity contribution in [1.82, 2.24) is 9.97 Å². The summed E-state index contributed by atoms with van der Waals surface area (Å²) in [5.74, 6) is -0.461. The quantitative estimate of drug-likeness (QED) is 0.305. The number of ether oxygens (including phenoxy) is 1. The Bertz CT molecular complexity index is 1030. The largest absolute Gasteiger partial charge is 0.477 e. The predicted octanol–water partition coefficient (Wildman–Crippen LogP) is 4.17. The Morgan fingerprint density at radius 1 is 1.06 bits per heavy atom. The summed E-state index contributed by atoms with van der Waals surface area (Å²) in [6.45, 7) is 0. The molecule has 2 aromatic rings. The van der Waals surface area contributed by atoms with Crippen LogP contribution in [-0.4, -0.2) is 47.8 Å². The number of nitrogens with zero attached hydrogens (tertiary/aromatic N) is 3. The number of benzene rings is 1. The van der Waals surface area contributed by atoms with Gasteiger partial charge in [0.25, 0.3) is 17.5 Å². The molecule has 0 radical (unpaired) electrons. The van der Waals surface area contributed by atoms with E-state index in [1.165, 1.54) is 38.2 Å². The first-order valence-corrected chi connectivity index (χ1v) is 8.75. The minimum atomic E-state index is -5.06. The molecule has 1 aromatic carbocycles. The van der Waals surface area contributed by atoms with E-state index < -0.39 is 39.8 Å². The fourth-order valence-electron chi connectivity index (χ4n) is 2.53. The Morgan fingerprint density at radius 3 is 2.19 bits per heavy atom. The van der Waals surface area contributed by atoms with Crippen molar-refractivity contribution in [3.63, 3.8) is 0 Å². The van der Waals surface area contributed by atoms with Crippen LogP contribution in [0.4, 0.5) is 32.2 Å². The van der Waals surface area contributed by atoms with E-state index in [1.807, 2.05) is 0 Å². The lowest BCUT2D eigenvalue weighted by atomic mass is 9.99. The van der Waals surface area contributed by atoms with Gasteiger partial charge in [-0.2, -0.15) is 26.3 Å². The molecule has 13 heteroatoms. The number of rotatable bonds is 4. The molecular formula is C18H17ClF6N5O+. The summed E-state index contributed by atoms with van der Waals surface area (Å²) in [4.78, 5) is 7.82. The van der Waals surface area contributed by atoms with Crippen molar-refractivity contribution in [1.29, 1.82) is 0 Å². The van der Waals surface area contributed by atoms with Gasteiger partial charge in [0.15, 0.2) is 0 Å². The maximum Gasteiger partial charge on any atom is 0.431 e. The molecule has 0 bridgehead atoms. The minimum absolute atomic E-state index is 0.0612. The number of hydrogen-bond acceptors (Lipinski definition) is 4. The summed E-state index contributed by atoms with van der Waals surface area (Å²) >= 11 is 5.78. The molecule has 31 heavy (non-hydrogen) atoms. The molecule has 0 aliphatic carbocycles. The lowest BCUT2D eigenvalue weighted by molar-refractivity contribution is -0.463. The van der Waals surface area contributed by atoms with Crippen molar-refractivity contribution >= 4 is 28.8 Å². The van der Waals surface area contributed by atoms with Crippen molar-refractivity contribution in [2.24, 2.45) is 5.73 Å². The first-order chi connectivity index (χ1) is 14.3. The number of aromatic nitrogens is 2. The third kappa shape index (κ3) is 5.78. The Kier molecular flexibility index (Phi) is 7.04. The van der Waals surface area contributed by atoms with E-state index in [-0.39, 0.29) is 17.5 Å². The minimum Gasteiger partial charge on any atom is -0.477 e. The van der Waals surface area contributed by atoms with Gasteiger partial charge in [-0.3, -0.25) is 4.58 Å². The highest BCUT2D eigenvalue weighted by molar-refractivity contribution is 6.32. The number of methoxy groups -OCH3 is 1. The molecule has 0 aliphatic rings. The molecule has 2 rings (SSSR count). The number of alkyl halides is 6. The molecule has 168 valence electrons. The van der Waals surface area contributed by atoms with Gasteiger partial charge in [-0.15, -0.1) is 0 Å². The monoisotopic (exact) mass is 468 g/mol. The van der Waals surface area contributed by atoms with Crippen molar-refractivity contribution in [2.75, 3.05) is 26.5 Å². The number of amidine groups is 1. The molecule has 6 nitrogen and oxygen atoms in total. The second-order valence-electron chi connectivity index (χ2n) is 6.30. The van der Waals surface area contributed by atoms with E-state index in [0.717, 1.165) is 6.07 Å². The van der Waals surface area contributed by atoms with Crippen molar-refractivity contribution in [2.45, 2.75) is 12.4 Å². The van der Waals surface area contributed by atoms with E-state index in [9.17, 15) is 26.3 Å². The van der Waals surface area contributed by atoms with Crippen LogP contribution >= 0.6 is 11.6 Å². The lowest BCUT2D eigenvalue weighted by Crippen LogP contribution is -2.31. The number of hydrogen-bond donors (Lipinski definition) is 2. The molecule has 0 unspecified atom stereocenters. The van der Waals surface area contributed by atoms with Gasteiger partial charge < -0.3 is 10.5 Å². The Hall–Kier alpha value is -3.02. The summed E-state index contributed by atoms with van der Waals surface area (Å²) < 4.78 is 86.7. The van der Waals surface area contributed by atoms with Gasteiger partial charge in [-0.1, -0.05) is 11.6 Å². The average Bonchev–Trinajstić information content (AvgIpc) is 2.65. The van der Waals surface area contributed by atoms with E-state index in [4.69, 9.17) is 22.1 Å². The second kappa shape index (κ2) is 9.00. The zero-order valence-electron chi connectivity index (χ0n) is 16.4. The lowest BCUT2D eigenvalue weighted by Gasteiger charge is -2.17. The second-order valence-corrected chi connectivity index (χ2v) is 6.73. The Balaban J connectivity index is 2.81. The average molecular weight is 469 g/mol. The molecule has 0 amide bonds. The molecule has 3 N–H and O–H groups in total. The van der Waals surface area contributed by atoms with E-state index >= 15 is 0 Å². The Labute approximate surface area is 178 Å². The number of halogens is 7. The third-order valence-electron chi connectivity index (χ3n) is 3.87. The van der Waals surface area contributed by atoms with Crippen LogP contribution in [0.1, 0.15) is 11.1 Å². The summed E-state index contributed by atoms with van der Waals surface area (Å²) in [6.07, 6.45) is -7.38. The van der Waals surface area contributed by atoms with Gasteiger partial charge in [-0.25, -0.2) is 15.3 Å². The van der Waals surface area contributed by atoms with Crippen LogP contribution in [0.5, 0.6) is 5.88 Å². The van der Waals surface area contributed by atoms with Gasteiger partial charge in [0.1, 0.15) is 5.70 Å². The number of allylic oxidation sites excluding steroid dienone is 1. The van der Waals surface area contributed by atoms with Crippen molar-refractivity contribution in [3.05, 3.63) is 52.4 Å². The van der Waals surface area contributed by atoms with Crippen molar-refractivity contribution in [3.8, 4) is 5.88 Å². The molecule has 0 atom stereocenters. The Morgan fingerprint density at radius 2 is 1.68 bits per heavy atom. The van der Waals surface area contributed by atoms with Crippen LogP contribution in [0, 0.1) is 0 Å². The molecule has 0 spiro atoms. The zero-order valence-corrected chi connectivity index (χ0v) is 17.1. The fourth-order valence-corrected chi connectivity index (χ4v) is 2.76. The summed E-state index contributed by atoms with van der Waals surface area (Å²) in [5.41, 5.74) is 1.23. The number of anilines is 1. The highest BCUT2D eigenvalue weighted by Gasteiger charge is 2.40. The van der Waals surface area contributed by atoms with Crippen LogP contribution in [0.3, 0.4) is 0 Å². The topological polar surface area (TPSA) is 76.1 Å². The molecule has 1 aromatic heterocycles. The summed E-state index contributed by atoms with van der Waals surface area (Å²) in [6, 6.07) is 2.07. The van der Waals surface area contributed by atoms with E-state index in [0.29, 0.717) is 12.1 Å². The molecular weight excluding hydrogens is 452 g/mol. The standard InChI is InChI=1S/C18H16ClF6N5O/c1-30(2)15(29-14-16(31-3)28-5-4-27-14)12(13(26)18(23,24)25)9-6-10(17(20,21)22)8-11(19)7-9/h4-8H,1-3H3,(H2,26,27,29)/p+1. The van der Waals surface area contributed by atoms with Crippen LogP contribution in [0.2, 0.25) is 5.02 Å². The smallest absolute Gasteiger partial charge is 0.431 e. The highest BCUT2D eigenvalue weighted by atomic mass is 35.5. The van der Waals surface area contributed by atoms with Crippen molar-refractivity contribution < 1.29 is 35.7 Å². The predicted molar refractivity (Wildman–Crippen MR) is 103 cm³/mol. The maximum atomic E-state index is 13.6. The zero-order chi connectivity index (χ0) is 23.6. The van der Waals surface area contributed by atoms with Crippen LogP contribution in [0.25, 0.3) is 5.57 Å². The van der Waals surface area contributed by atoms with E-state index in [2.05, 4.69) is 15.3 Å². The maximum absolute atomic E-state index is 13.6.